The largest absolute Gasteiger partial charge is 0.372 e. The maximum Gasteiger partial charge on any atom is 0.191 e. The van der Waals surface area contributed by atoms with Gasteiger partial charge in [-0.2, -0.15) is 0 Å². The van der Waals surface area contributed by atoms with Gasteiger partial charge < -0.3 is 9.80 Å². The van der Waals surface area contributed by atoms with Crippen LogP contribution in [0.1, 0.15) is 109 Å². The Hall–Kier alpha value is -2.36. The maximum absolute atomic E-state index is 13.6. The molecule has 4 nitrogen and oxygen atoms in total. The van der Waals surface area contributed by atoms with Gasteiger partial charge in [0.2, 0.25) is 0 Å². The molecule has 0 spiro atoms. The van der Waals surface area contributed by atoms with Crippen LogP contribution in [0.5, 0.6) is 0 Å². The van der Waals surface area contributed by atoms with Crippen molar-refractivity contribution >= 4 is 11.6 Å². The summed E-state index contributed by atoms with van der Waals surface area (Å²) in [6, 6.07) is 7.31. The number of nitrogens with zero attached hydrogens (tertiary/aromatic N) is 2. The smallest absolute Gasteiger partial charge is 0.191 e. The van der Waals surface area contributed by atoms with Crippen molar-refractivity contribution in [3.05, 3.63) is 58.9 Å². The lowest BCUT2D eigenvalue weighted by Crippen LogP contribution is -2.45. The summed E-state index contributed by atoms with van der Waals surface area (Å²) in [6.45, 7) is 23.7. The van der Waals surface area contributed by atoms with Crippen molar-refractivity contribution in [2.45, 2.75) is 99.6 Å². The van der Waals surface area contributed by atoms with Crippen molar-refractivity contribution in [1.82, 2.24) is 9.80 Å². The Morgan fingerprint density at radius 1 is 0.743 bits per heavy atom. The Bertz CT molecular complexity index is 1030. The maximum atomic E-state index is 13.6. The first-order valence-electron chi connectivity index (χ1n) is 13.2. The Balaban J connectivity index is 1.90. The molecule has 0 unspecified atom stereocenters. The highest BCUT2D eigenvalue weighted by Crippen LogP contribution is 2.40. The topological polar surface area (TPSA) is 40.6 Å². The molecule has 1 aromatic carbocycles. The molecule has 0 radical (unpaired) electrons. The van der Waals surface area contributed by atoms with E-state index in [0.29, 0.717) is 11.1 Å². The van der Waals surface area contributed by atoms with Crippen LogP contribution in [0.15, 0.2) is 47.8 Å². The minimum Gasteiger partial charge on any atom is -0.372 e. The second kappa shape index (κ2) is 9.26. The first kappa shape index (κ1) is 27.2. The summed E-state index contributed by atoms with van der Waals surface area (Å²) in [5.74, 6) is 0.109. The number of carbonyl (C=O) groups is 2. The monoisotopic (exact) mass is 478 g/mol. The first-order valence-corrected chi connectivity index (χ1v) is 13.2. The summed E-state index contributed by atoms with van der Waals surface area (Å²) in [5.41, 5.74) is 2.60. The normalized spacial score (nSPS) is 20.3. The van der Waals surface area contributed by atoms with Gasteiger partial charge in [0.15, 0.2) is 11.6 Å². The zero-order valence-electron chi connectivity index (χ0n) is 23.7. The van der Waals surface area contributed by atoms with Crippen LogP contribution in [0.2, 0.25) is 0 Å². The zero-order valence-corrected chi connectivity index (χ0v) is 23.7. The average molecular weight is 479 g/mol. The lowest BCUT2D eigenvalue weighted by molar-refractivity contribution is 0.0942. The predicted octanol–water partition coefficient (Wildman–Crippen LogP) is 7.27. The van der Waals surface area contributed by atoms with Crippen molar-refractivity contribution < 1.29 is 9.59 Å². The Morgan fingerprint density at radius 2 is 1.11 bits per heavy atom. The minimum atomic E-state index is -0.181. The molecule has 192 valence electrons. The van der Waals surface area contributed by atoms with E-state index in [4.69, 9.17) is 0 Å². The highest BCUT2D eigenvalue weighted by atomic mass is 16.1. The van der Waals surface area contributed by atoms with Gasteiger partial charge >= 0.3 is 0 Å². The predicted molar refractivity (Wildman–Crippen MR) is 146 cm³/mol. The highest BCUT2D eigenvalue weighted by Gasteiger charge is 2.38. The van der Waals surface area contributed by atoms with Crippen molar-refractivity contribution in [3.8, 4) is 0 Å². The van der Waals surface area contributed by atoms with Gasteiger partial charge in [0.1, 0.15) is 0 Å². The molecule has 2 aliphatic heterocycles. The molecule has 0 aromatic heterocycles. The molecule has 4 heteroatoms. The molecular formula is C31H46N2O2. The number of allylic oxidation sites excluding steroid dienone is 2. The Morgan fingerprint density at radius 3 is 1.49 bits per heavy atom. The molecule has 0 bridgehead atoms. The number of hydrogen-bond acceptors (Lipinski definition) is 4. The number of hydrogen-bond donors (Lipinski definition) is 0. The summed E-state index contributed by atoms with van der Waals surface area (Å²) in [5, 5.41) is 0. The third-order valence-corrected chi connectivity index (χ3v) is 8.39. The fourth-order valence-electron chi connectivity index (χ4n) is 4.88. The van der Waals surface area contributed by atoms with Crippen molar-refractivity contribution in [2.75, 3.05) is 13.1 Å². The van der Waals surface area contributed by atoms with E-state index < -0.39 is 0 Å². The molecule has 3 rings (SSSR count). The quantitative estimate of drug-likeness (QED) is 0.403. The molecule has 2 aliphatic rings. The Kier molecular flexibility index (Phi) is 7.20. The van der Waals surface area contributed by atoms with E-state index >= 15 is 0 Å². The van der Waals surface area contributed by atoms with Crippen LogP contribution in [-0.4, -0.2) is 45.5 Å². The summed E-state index contributed by atoms with van der Waals surface area (Å²) in [6.07, 6.45) is 7.04. The Labute approximate surface area is 213 Å². The first-order chi connectivity index (χ1) is 16.0. The van der Waals surface area contributed by atoms with Gasteiger partial charge in [-0.3, -0.25) is 9.59 Å². The van der Waals surface area contributed by atoms with Crippen molar-refractivity contribution in [1.29, 1.82) is 0 Å². The molecule has 0 saturated heterocycles. The van der Waals surface area contributed by atoms with E-state index in [9.17, 15) is 9.59 Å². The van der Waals surface area contributed by atoms with E-state index in [1.807, 2.05) is 24.3 Å². The van der Waals surface area contributed by atoms with Crippen LogP contribution < -0.4 is 0 Å². The summed E-state index contributed by atoms with van der Waals surface area (Å²) >= 11 is 0. The van der Waals surface area contributed by atoms with Crippen LogP contribution in [-0.2, 0) is 0 Å². The van der Waals surface area contributed by atoms with E-state index in [2.05, 4.69) is 91.4 Å². The number of rotatable bonds is 6. The van der Waals surface area contributed by atoms with Gasteiger partial charge in [-0.05, 0) is 64.7 Å². The molecular weight excluding hydrogens is 432 g/mol. The molecule has 0 atom stereocenters. The SMILES string of the molecule is CCC(C)(C)N1C=C(C(=O)c2ccc(C(=O)C3=CN(C(C)(C)C)CCC3(C)C)cc2)C(C)(C)CC1. The van der Waals surface area contributed by atoms with Gasteiger partial charge in [-0.1, -0.05) is 58.9 Å². The van der Waals surface area contributed by atoms with Gasteiger partial charge in [0.05, 0.1) is 0 Å². The van der Waals surface area contributed by atoms with Crippen LogP contribution in [0.3, 0.4) is 0 Å². The molecule has 0 N–H and O–H groups in total. The lowest BCUT2D eigenvalue weighted by atomic mass is 9.74. The van der Waals surface area contributed by atoms with E-state index in [0.717, 1.165) is 43.5 Å². The lowest BCUT2D eigenvalue weighted by Gasteiger charge is -2.44. The van der Waals surface area contributed by atoms with E-state index in [1.54, 1.807) is 0 Å². The van der Waals surface area contributed by atoms with E-state index in [-0.39, 0.29) is 33.5 Å². The summed E-state index contributed by atoms with van der Waals surface area (Å²) in [7, 11) is 0. The van der Waals surface area contributed by atoms with Crippen LogP contribution in [0, 0.1) is 10.8 Å². The fraction of sp³-hybridized carbons (Fsp3) is 0.613. The number of carbonyl (C=O) groups excluding carboxylic acids is 2. The van der Waals surface area contributed by atoms with Gasteiger partial charge in [-0.15, -0.1) is 0 Å². The zero-order chi connectivity index (χ0) is 26.4. The summed E-state index contributed by atoms with van der Waals surface area (Å²) in [4.78, 5) is 31.8. The molecule has 2 heterocycles. The molecule has 0 fully saturated rings. The van der Waals surface area contributed by atoms with Crippen LogP contribution in [0.25, 0.3) is 0 Å². The second-order valence-electron chi connectivity index (χ2n) is 13.3. The van der Waals surface area contributed by atoms with Crippen molar-refractivity contribution in [2.24, 2.45) is 10.8 Å². The molecule has 0 saturated carbocycles. The highest BCUT2D eigenvalue weighted by molar-refractivity contribution is 6.12. The number of Topliss-reactive ketones (excluding diaryl/α,β-unsaturated/α-hetero) is 2. The molecule has 35 heavy (non-hydrogen) atoms. The summed E-state index contributed by atoms with van der Waals surface area (Å²) < 4.78 is 0. The minimum absolute atomic E-state index is 0.0137. The molecule has 1 aromatic rings. The average Bonchev–Trinajstić information content (AvgIpc) is 2.77. The van der Waals surface area contributed by atoms with Crippen molar-refractivity contribution in [3.63, 3.8) is 0 Å². The van der Waals surface area contributed by atoms with Gasteiger partial charge in [0, 0.05) is 58.8 Å². The van der Waals surface area contributed by atoms with Gasteiger partial charge in [-0.25, -0.2) is 0 Å². The molecule has 0 amide bonds. The van der Waals surface area contributed by atoms with Gasteiger partial charge in [0.25, 0.3) is 0 Å². The van der Waals surface area contributed by atoms with E-state index in [1.165, 1.54) is 0 Å². The third-order valence-electron chi connectivity index (χ3n) is 8.39. The fourth-order valence-corrected chi connectivity index (χ4v) is 4.88. The number of benzene rings is 1. The molecule has 0 aliphatic carbocycles. The van der Waals surface area contributed by atoms with Crippen LogP contribution >= 0.6 is 0 Å². The standard InChI is InChI=1S/C31H46N2O2/c1-11-31(9,10)33-19-17-30(7,8)25(21-33)27(35)23-14-12-22(13-15-23)26(34)24-20-32(28(2,3)4)18-16-29(24,5)6/h12-15,20-21H,11,16-19H2,1-10H3. The third kappa shape index (κ3) is 5.57. The number of ketones is 2. The second-order valence-corrected chi connectivity index (χ2v) is 13.3. The van der Waals surface area contributed by atoms with Crippen LogP contribution in [0.4, 0.5) is 0 Å².